The van der Waals surface area contributed by atoms with Crippen molar-refractivity contribution < 1.29 is 88.6 Å². The summed E-state index contributed by atoms with van der Waals surface area (Å²) >= 11 is 0. The number of carbonyl (C=O) groups is 3. The number of sulfone groups is 1. The van der Waals surface area contributed by atoms with E-state index in [9.17, 15) is 74.4 Å². The number of piperidine rings is 2. The van der Waals surface area contributed by atoms with Crippen molar-refractivity contribution in [3.8, 4) is 11.5 Å². The van der Waals surface area contributed by atoms with Crippen LogP contribution in [-0.4, -0.2) is 133 Å². The van der Waals surface area contributed by atoms with Gasteiger partial charge in [-0.25, -0.2) is 38.8 Å². The highest BCUT2D eigenvalue weighted by Crippen LogP contribution is 2.36. The molecule has 0 saturated carbocycles. The number of esters is 1. The third-order valence-corrected chi connectivity index (χ3v) is 18.8. The van der Waals surface area contributed by atoms with Crippen LogP contribution in [0.3, 0.4) is 0 Å². The number of aryl methyl sites for hydroxylation is 2. The Morgan fingerprint density at radius 2 is 1.00 bits per heavy atom. The van der Waals surface area contributed by atoms with Gasteiger partial charge >= 0.3 is 18.7 Å². The zero-order valence-corrected chi connectivity index (χ0v) is 49.4. The second kappa shape index (κ2) is 24.8. The Kier molecular flexibility index (Phi) is 19.1. The van der Waals surface area contributed by atoms with Gasteiger partial charge in [0.05, 0.1) is 11.5 Å². The fourth-order valence-corrected chi connectivity index (χ4v) is 13.7. The van der Waals surface area contributed by atoms with E-state index in [0.717, 1.165) is 35.1 Å². The van der Waals surface area contributed by atoms with Gasteiger partial charge in [0.25, 0.3) is 11.8 Å². The van der Waals surface area contributed by atoms with Crippen molar-refractivity contribution in [3.63, 3.8) is 0 Å². The van der Waals surface area contributed by atoms with Crippen LogP contribution in [0.4, 0.5) is 26.3 Å². The summed E-state index contributed by atoms with van der Waals surface area (Å²) in [6, 6.07) is 19.6. The van der Waals surface area contributed by atoms with Gasteiger partial charge in [0.2, 0.25) is 30.1 Å². The molecule has 4 aliphatic rings. The van der Waals surface area contributed by atoms with E-state index in [1.165, 1.54) is 51.1 Å². The molecule has 4 aliphatic heterocycles. The van der Waals surface area contributed by atoms with Crippen LogP contribution >= 0.6 is 0 Å². The molecule has 85 heavy (non-hydrogen) atoms. The molecule has 2 saturated heterocycles. The quantitative estimate of drug-likeness (QED) is 0.0825. The van der Waals surface area contributed by atoms with E-state index >= 15 is 0 Å². The largest absolute Gasteiger partial charge is 0.573 e. The highest BCUT2D eigenvalue weighted by molar-refractivity contribution is 7.92. The molecule has 31 heteroatoms. The average Bonchev–Trinajstić information content (AvgIpc) is 1.77. The van der Waals surface area contributed by atoms with E-state index in [1.54, 1.807) is 65.0 Å². The molecule has 4 N–H and O–H groups in total. The van der Waals surface area contributed by atoms with E-state index in [0.29, 0.717) is 33.4 Å². The molecule has 2 spiro atoms. The highest BCUT2D eigenvalue weighted by Gasteiger charge is 2.49. The van der Waals surface area contributed by atoms with Gasteiger partial charge in [-0.2, -0.15) is 8.61 Å². The Morgan fingerprint density at radius 1 is 0.612 bits per heavy atom. The normalized spacial score (nSPS) is 18.0. The van der Waals surface area contributed by atoms with Crippen molar-refractivity contribution in [2.75, 3.05) is 31.9 Å². The minimum atomic E-state index is -4.89. The van der Waals surface area contributed by atoms with Gasteiger partial charge in [-0.15, -0.1) is 26.3 Å². The van der Waals surface area contributed by atoms with Crippen LogP contribution in [-0.2, 0) is 70.5 Å². The van der Waals surface area contributed by atoms with Crippen LogP contribution in [0, 0.1) is 13.8 Å². The molecule has 21 nitrogen and oxygen atoms in total. The topological polar surface area (TPSA) is 297 Å². The fourth-order valence-electron chi connectivity index (χ4n) is 9.49. The minimum Gasteiger partial charge on any atom is -0.459 e. The number of amidine groups is 2. The Balaban J connectivity index is 0.000000247. The number of aliphatic imine (C=N–C) groups is 2. The Labute approximate surface area is 487 Å². The van der Waals surface area contributed by atoms with Gasteiger partial charge in [-0.05, 0) is 130 Å². The van der Waals surface area contributed by atoms with E-state index in [2.05, 4.69) is 30.1 Å². The lowest BCUT2D eigenvalue weighted by Crippen LogP contribution is -2.50. The molecule has 0 unspecified atom stereocenters. The SMILES string of the molecule is Cc1cc(CS(=O)(=O)CC(=O)OC(C)(C)C)ccc1/C=C/S(=O)(=O)N1CCC2(CC1)N=C(c1cccc(OC(F)(F)F)c1)NC2=O.Cc1cc(CS(N)(=O)=O)ccc1/C=C/S(=O)(=O)N1CCC2(CC1)N=C(c1cccc(OC(F)(F)F)c1)NC2=O. The lowest BCUT2D eigenvalue weighted by atomic mass is 9.89. The third kappa shape index (κ3) is 18.0. The van der Waals surface area contributed by atoms with Crippen molar-refractivity contribution in [1.82, 2.24) is 19.2 Å². The number of hydrogen-bond acceptors (Lipinski definition) is 16. The third-order valence-electron chi connectivity index (χ3n) is 13.5. The molecule has 0 radical (unpaired) electrons. The number of sulfonamides is 3. The molecule has 2 amide bonds. The first kappa shape index (κ1) is 65.5. The van der Waals surface area contributed by atoms with Crippen LogP contribution in [0.2, 0.25) is 0 Å². The van der Waals surface area contributed by atoms with Crippen LogP contribution in [0.15, 0.2) is 106 Å². The van der Waals surface area contributed by atoms with Crippen LogP contribution in [0.25, 0.3) is 12.2 Å². The second-order valence-corrected chi connectivity index (χ2v) is 28.7. The fraction of sp³-hybridized carbons (Fsp3) is 0.389. The second-order valence-electron chi connectivity index (χ2n) is 21.3. The number of nitrogens with zero attached hydrogens (tertiary/aromatic N) is 4. The van der Waals surface area contributed by atoms with Gasteiger partial charge in [0.15, 0.2) is 9.84 Å². The summed E-state index contributed by atoms with van der Waals surface area (Å²) in [4.78, 5) is 46.6. The number of hydrogen-bond donors (Lipinski definition) is 3. The van der Waals surface area contributed by atoms with Crippen molar-refractivity contribution in [1.29, 1.82) is 0 Å². The number of primary sulfonamides is 1. The zero-order valence-electron chi connectivity index (χ0n) is 46.2. The first-order valence-electron chi connectivity index (χ1n) is 25.7. The molecule has 8 rings (SSSR count). The lowest BCUT2D eigenvalue weighted by Gasteiger charge is -2.34. The van der Waals surface area contributed by atoms with E-state index < -0.39 is 110 Å². The molecular formula is C54H59F6N7O14S4. The first-order valence-corrected chi connectivity index (χ1v) is 32.3. The molecule has 0 atom stereocenters. The van der Waals surface area contributed by atoms with Gasteiger partial charge < -0.3 is 24.8 Å². The number of ether oxygens (including phenoxy) is 3. The predicted octanol–water partition coefficient (Wildman–Crippen LogP) is 6.26. The van der Waals surface area contributed by atoms with Crippen LogP contribution < -0.4 is 25.2 Å². The molecule has 0 aliphatic carbocycles. The summed E-state index contributed by atoms with van der Waals surface area (Å²) < 4.78 is 191. The summed E-state index contributed by atoms with van der Waals surface area (Å²) in [5, 5.41) is 12.3. The molecule has 0 aromatic heterocycles. The van der Waals surface area contributed by atoms with Gasteiger partial charge in [-0.3, -0.25) is 24.4 Å². The average molecular weight is 1270 g/mol. The summed E-state index contributed by atoms with van der Waals surface area (Å²) in [5.74, 6) is -4.03. The number of nitrogens with two attached hydrogens (primary N) is 1. The number of rotatable bonds is 16. The van der Waals surface area contributed by atoms with Crippen LogP contribution in [0.5, 0.6) is 11.5 Å². The molecule has 0 bridgehead atoms. The zero-order chi connectivity index (χ0) is 62.8. The Morgan fingerprint density at radius 3 is 1.35 bits per heavy atom. The molecule has 2 fully saturated rings. The molecular weight excluding hydrogens is 1210 g/mol. The predicted molar refractivity (Wildman–Crippen MR) is 301 cm³/mol. The minimum absolute atomic E-state index is 0.000374. The van der Waals surface area contributed by atoms with Crippen molar-refractivity contribution >= 4 is 81.5 Å². The Hall–Kier alpha value is -7.03. The monoisotopic (exact) mass is 1270 g/mol. The summed E-state index contributed by atoms with van der Waals surface area (Å²) in [6.45, 7) is 8.27. The molecule has 4 aromatic carbocycles. The van der Waals surface area contributed by atoms with Gasteiger partial charge in [0, 0.05) is 48.1 Å². The first-order chi connectivity index (χ1) is 39.2. The number of alkyl halides is 6. The van der Waals surface area contributed by atoms with E-state index in [4.69, 9.17) is 9.88 Å². The number of amides is 2. The van der Waals surface area contributed by atoms with Crippen molar-refractivity contribution in [3.05, 3.63) is 140 Å². The highest BCUT2D eigenvalue weighted by atomic mass is 32.2. The molecule has 460 valence electrons. The van der Waals surface area contributed by atoms with E-state index in [1.807, 2.05) is 0 Å². The number of halogens is 6. The lowest BCUT2D eigenvalue weighted by molar-refractivity contribution is -0.275. The maximum Gasteiger partial charge on any atom is 0.573 e. The number of benzene rings is 4. The molecule has 4 heterocycles. The van der Waals surface area contributed by atoms with Crippen molar-refractivity contribution in [2.45, 2.75) is 101 Å². The smallest absolute Gasteiger partial charge is 0.459 e. The summed E-state index contributed by atoms with van der Waals surface area (Å²) in [7, 11) is -15.3. The molecule has 4 aromatic rings. The van der Waals surface area contributed by atoms with Crippen molar-refractivity contribution in [2.24, 2.45) is 15.1 Å². The maximum absolute atomic E-state index is 13.1. The summed E-state index contributed by atoms with van der Waals surface area (Å²) in [5.41, 5.74) is 0.420. The number of nitrogens with one attached hydrogen (secondary N) is 2. The summed E-state index contributed by atoms with van der Waals surface area (Å²) in [6.07, 6.45) is -6.69. The standard InChI is InChI=1S/C30H34F3N3O8S2.C24H25F3N4O6S2/c1-20-16-21(18-45(39,40)19-25(37)44-28(2,3)4)8-9-22(20)10-15-46(41,42)36-13-11-29(12-14-36)27(38)34-26(35-29)23-6-5-7-24(17-23)43-30(31,32)33;1-16-13-17(15-38(28,33)34)5-6-18(16)7-12-39(35,36)31-10-8-23(9-11-31)22(32)29-21(30-23)19-3-2-4-20(14-19)37-24(25,26)27/h5-10,15-17H,11-14,18-19H2,1-4H3,(H,34,35,38);2-7,12-14H,8-11,15H2,1H3,(H2,28,33,34)(H,29,30,32)/b15-10+;12-7+. The van der Waals surface area contributed by atoms with Gasteiger partial charge in [-0.1, -0.05) is 60.7 Å². The Bertz CT molecular complexity index is 3850. The van der Waals surface area contributed by atoms with Gasteiger partial charge in [0.1, 0.15) is 45.6 Å². The maximum atomic E-state index is 13.1. The van der Waals surface area contributed by atoms with Crippen LogP contribution in [0.1, 0.15) is 91.0 Å². The van der Waals surface area contributed by atoms with E-state index in [-0.39, 0.29) is 80.4 Å². The number of carbonyl (C=O) groups excluding carboxylic acids is 3.